The number of amides is 1. The largest absolute Gasteiger partial charge is 0.376 e. The van der Waals surface area contributed by atoms with Crippen molar-refractivity contribution in [1.82, 2.24) is 4.90 Å². The van der Waals surface area contributed by atoms with Crippen LogP contribution in [-0.2, 0) is 30.5 Å². The van der Waals surface area contributed by atoms with Gasteiger partial charge >= 0.3 is 0 Å². The Morgan fingerprint density at radius 1 is 1.09 bits per heavy atom. The fraction of sp³-hybridized carbons (Fsp3) is 0.650. The number of piperidine rings is 1. The predicted molar refractivity (Wildman–Crippen MR) is 94.0 cm³/mol. The maximum Gasteiger partial charge on any atom is 0.242 e. The van der Waals surface area contributed by atoms with Crippen LogP contribution in [-0.4, -0.2) is 29.9 Å². The van der Waals surface area contributed by atoms with Crippen molar-refractivity contribution in [2.45, 2.75) is 70.8 Å². The number of hydrogen-bond acceptors (Lipinski definition) is 2. The molecule has 3 heteroatoms. The SMILES string of the molecule is CC1CCCCN1C(=O)CNc1c2c(cc3c1CCC3)CCC2. The molecule has 1 aromatic carbocycles. The third-order valence-corrected chi connectivity index (χ3v) is 6.01. The Hall–Kier alpha value is -1.51. The molecule has 1 amide bonds. The molecule has 1 N–H and O–H groups in total. The molecule has 1 saturated heterocycles. The van der Waals surface area contributed by atoms with E-state index in [4.69, 9.17) is 0 Å². The van der Waals surface area contributed by atoms with Gasteiger partial charge in [0.05, 0.1) is 6.54 Å². The van der Waals surface area contributed by atoms with Crippen LogP contribution in [0.5, 0.6) is 0 Å². The number of nitrogens with one attached hydrogen (secondary N) is 1. The molecule has 2 aliphatic carbocycles. The van der Waals surface area contributed by atoms with E-state index in [1.807, 2.05) is 0 Å². The van der Waals surface area contributed by atoms with Crippen molar-refractivity contribution in [3.8, 4) is 0 Å². The number of likely N-dealkylation sites (tertiary alicyclic amines) is 1. The van der Waals surface area contributed by atoms with Crippen molar-refractivity contribution >= 4 is 11.6 Å². The Morgan fingerprint density at radius 2 is 1.78 bits per heavy atom. The fourth-order valence-corrected chi connectivity index (χ4v) is 4.76. The lowest BCUT2D eigenvalue weighted by Crippen LogP contribution is -2.44. The molecular formula is C20H28N2O. The molecule has 0 spiro atoms. The third-order valence-electron chi connectivity index (χ3n) is 6.01. The highest BCUT2D eigenvalue weighted by Gasteiger charge is 2.26. The van der Waals surface area contributed by atoms with Gasteiger partial charge in [-0.1, -0.05) is 6.07 Å². The first-order valence-electron chi connectivity index (χ1n) is 9.44. The summed E-state index contributed by atoms with van der Waals surface area (Å²) in [5.41, 5.74) is 7.40. The van der Waals surface area contributed by atoms with E-state index in [1.54, 1.807) is 0 Å². The van der Waals surface area contributed by atoms with Gasteiger partial charge in [0.2, 0.25) is 5.91 Å². The van der Waals surface area contributed by atoms with E-state index >= 15 is 0 Å². The molecule has 0 saturated carbocycles. The zero-order valence-corrected chi connectivity index (χ0v) is 14.3. The molecule has 1 atom stereocenters. The van der Waals surface area contributed by atoms with Gasteiger partial charge in [0.1, 0.15) is 0 Å². The second kappa shape index (κ2) is 6.18. The number of hydrogen-bond donors (Lipinski definition) is 1. The van der Waals surface area contributed by atoms with Crippen molar-refractivity contribution in [3.05, 3.63) is 28.3 Å². The number of anilines is 1. The van der Waals surface area contributed by atoms with Crippen LogP contribution in [0.1, 0.15) is 61.3 Å². The Morgan fingerprint density at radius 3 is 2.43 bits per heavy atom. The number of benzene rings is 1. The highest BCUT2D eigenvalue weighted by atomic mass is 16.2. The van der Waals surface area contributed by atoms with Crippen LogP contribution >= 0.6 is 0 Å². The minimum atomic E-state index is 0.277. The van der Waals surface area contributed by atoms with E-state index in [0.717, 1.165) is 19.4 Å². The lowest BCUT2D eigenvalue weighted by Gasteiger charge is -2.33. The summed E-state index contributed by atoms with van der Waals surface area (Å²) in [6.07, 6.45) is 10.9. The molecule has 0 radical (unpaired) electrons. The summed E-state index contributed by atoms with van der Waals surface area (Å²) in [5.74, 6) is 0.277. The Kier molecular flexibility index (Phi) is 4.04. The molecule has 3 nitrogen and oxygen atoms in total. The Balaban J connectivity index is 1.52. The van der Waals surface area contributed by atoms with Crippen LogP contribution in [0.2, 0.25) is 0 Å². The molecule has 0 aromatic heterocycles. The van der Waals surface area contributed by atoms with Gasteiger partial charge < -0.3 is 10.2 Å². The first-order chi connectivity index (χ1) is 11.2. The van der Waals surface area contributed by atoms with Gasteiger partial charge in [-0.15, -0.1) is 0 Å². The number of nitrogens with zero attached hydrogens (tertiary/aromatic N) is 1. The molecule has 124 valence electrons. The number of carbonyl (C=O) groups excluding carboxylic acids is 1. The van der Waals surface area contributed by atoms with Gasteiger partial charge in [-0.2, -0.15) is 0 Å². The average Bonchev–Trinajstić information content (AvgIpc) is 3.20. The summed E-state index contributed by atoms with van der Waals surface area (Å²) in [5, 5.41) is 3.57. The highest BCUT2D eigenvalue weighted by Crippen LogP contribution is 2.38. The molecule has 1 fully saturated rings. The van der Waals surface area contributed by atoms with E-state index < -0.39 is 0 Å². The van der Waals surface area contributed by atoms with Crippen LogP contribution in [0.4, 0.5) is 5.69 Å². The van der Waals surface area contributed by atoms with Gasteiger partial charge in [-0.05, 0) is 87.0 Å². The summed E-state index contributed by atoms with van der Waals surface area (Å²) >= 11 is 0. The topological polar surface area (TPSA) is 32.3 Å². The molecule has 1 aliphatic heterocycles. The number of rotatable bonds is 3. The van der Waals surface area contributed by atoms with Gasteiger partial charge in [0.25, 0.3) is 0 Å². The fourth-order valence-electron chi connectivity index (χ4n) is 4.76. The molecule has 1 unspecified atom stereocenters. The summed E-state index contributed by atoms with van der Waals surface area (Å²) in [6, 6.07) is 2.86. The van der Waals surface area contributed by atoms with Crippen LogP contribution in [0.15, 0.2) is 6.07 Å². The maximum atomic E-state index is 12.6. The normalized spacial score (nSPS) is 22.8. The zero-order valence-electron chi connectivity index (χ0n) is 14.3. The van der Waals surface area contributed by atoms with Crippen LogP contribution < -0.4 is 5.32 Å². The van der Waals surface area contributed by atoms with Gasteiger partial charge in [0.15, 0.2) is 0 Å². The van der Waals surface area contributed by atoms with Crippen molar-refractivity contribution in [1.29, 1.82) is 0 Å². The van der Waals surface area contributed by atoms with E-state index in [9.17, 15) is 4.79 Å². The quantitative estimate of drug-likeness (QED) is 0.927. The lowest BCUT2D eigenvalue weighted by atomic mass is 9.98. The number of aryl methyl sites for hydroxylation is 2. The van der Waals surface area contributed by atoms with Gasteiger partial charge in [-0.25, -0.2) is 0 Å². The summed E-state index contributed by atoms with van der Waals surface area (Å²) < 4.78 is 0. The smallest absolute Gasteiger partial charge is 0.242 e. The standard InChI is InChI=1S/C20H28N2O/c1-14-6-2-3-11-22(14)19(23)13-21-20-17-9-4-7-15(17)12-16-8-5-10-18(16)20/h12,14,21H,2-11,13H2,1H3. The molecule has 4 rings (SSSR count). The Bertz CT molecular complexity index is 590. The van der Waals surface area contributed by atoms with Crippen molar-refractivity contribution in [3.63, 3.8) is 0 Å². The van der Waals surface area contributed by atoms with Crippen molar-refractivity contribution in [2.24, 2.45) is 0 Å². The monoisotopic (exact) mass is 312 g/mol. The lowest BCUT2D eigenvalue weighted by molar-refractivity contribution is -0.132. The minimum Gasteiger partial charge on any atom is -0.376 e. The third kappa shape index (κ3) is 2.75. The van der Waals surface area contributed by atoms with E-state index in [2.05, 4.69) is 23.2 Å². The van der Waals surface area contributed by atoms with E-state index in [0.29, 0.717) is 12.6 Å². The molecule has 1 heterocycles. The second-order valence-corrected chi connectivity index (χ2v) is 7.52. The average molecular weight is 312 g/mol. The predicted octanol–water partition coefficient (Wildman–Crippen LogP) is 3.48. The molecule has 1 aromatic rings. The van der Waals surface area contributed by atoms with E-state index in [1.165, 1.54) is 72.9 Å². The van der Waals surface area contributed by atoms with Gasteiger partial charge in [0, 0.05) is 18.3 Å². The number of fused-ring (bicyclic) bond motifs is 2. The highest BCUT2D eigenvalue weighted by molar-refractivity contribution is 5.82. The van der Waals surface area contributed by atoms with E-state index in [-0.39, 0.29) is 5.91 Å². The first-order valence-corrected chi connectivity index (χ1v) is 9.44. The zero-order chi connectivity index (χ0) is 15.8. The molecular weight excluding hydrogens is 284 g/mol. The van der Waals surface area contributed by atoms with Gasteiger partial charge in [-0.3, -0.25) is 4.79 Å². The maximum absolute atomic E-state index is 12.6. The molecule has 23 heavy (non-hydrogen) atoms. The summed E-state index contributed by atoms with van der Waals surface area (Å²) in [4.78, 5) is 14.7. The van der Waals surface area contributed by atoms with Crippen LogP contribution in [0.25, 0.3) is 0 Å². The van der Waals surface area contributed by atoms with Crippen molar-refractivity contribution < 1.29 is 4.79 Å². The first kappa shape index (κ1) is 15.0. The van der Waals surface area contributed by atoms with Crippen molar-refractivity contribution in [2.75, 3.05) is 18.4 Å². The van der Waals surface area contributed by atoms with Crippen LogP contribution in [0.3, 0.4) is 0 Å². The summed E-state index contributed by atoms with van der Waals surface area (Å²) in [6.45, 7) is 3.59. The molecule has 3 aliphatic rings. The second-order valence-electron chi connectivity index (χ2n) is 7.52. The Labute approximate surface area is 139 Å². The summed E-state index contributed by atoms with van der Waals surface area (Å²) in [7, 11) is 0. The molecule has 0 bridgehead atoms. The minimum absolute atomic E-state index is 0.277. The van der Waals surface area contributed by atoms with Crippen LogP contribution in [0, 0.1) is 0 Å². The number of carbonyl (C=O) groups is 1.